The zero-order valence-electron chi connectivity index (χ0n) is 11.2. The molecule has 1 aromatic carbocycles. The molecule has 0 amide bonds. The number of hydrogen-bond acceptors (Lipinski definition) is 3. The SMILES string of the molecule is Cn1ccc(CCNCC2CSc3ccccc32)n1. The maximum Gasteiger partial charge on any atom is 0.0637 e. The summed E-state index contributed by atoms with van der Waals surface area (Å²) in [6.07, 6.45) is 3.00. The Morgan fingerprint density at radius 2 is 2.26 bits per heavy atom. The van der Waals surface area contributed by atoms with E-state index in [1.54, 1.807) is 0 Å². The second-order valence-corrected chi connectivity index (χ2v) is 6.04. The Morgan fingerprint density at radius 1 is 1.37 bits per heavy atom. The molecule has 1 unspecified atom stereocenters. The highest BCUT2D eigenvalue weighted by Gasteiger charge is 2.21. The summed E-state index contributed by atoms with van der Waals surface area (Å²) in [6, 6.07) is 10.9. The van der Waals surface area contributed by atoms with E-state index in [9.17, 15) is 0 Å². The van der Waals surface area contributed by atoms with Crippen LogP contribution in [0.1, 0.15) is 17.2 Å². The molecular weight excluding hydrogens is 254 g/mol. The van der Waals surface area contributed by atoms with Crippen LogP contribution in [0, 0.1) is 0 Å². The third-order valence-electron chi connectivity index (χ3n) is 3.52. The molecule has 1 N–H and O–H groups in total. The minimum atomic E-state index is 0.657. The van der Waals surface area contributed by atoms with E-state index in [2.05, 4.69) is 40.7 Å². The third kappa shape index (κ3) is 3.01. The Labute approximate surface area is 118 Å². The number of hydrogen-bond donors (Lipinski definition) is 1. The van der Waals surface area contributed by atoms with E-state index in [1.165, 1.54) is 16.2 Å². The van der Waals surface area contributed by atoms with Crippen LogP contribution in [0.5, 0.6) is 0 Å². The van der Waals surface area contributed by atoms with E-state index in [-0.39, 0.29) is 0 Å². The molecule has 3 rings (SSSR count). The first-order chi connectivity index (χ1) is 9.33. The van der Waals surface area contributed by atoms with Gasteiger partial charge in [0.15, 0.2) is 0 Å². The number of rotatable bonds is 5. The van der Waals surface area contributed by atoms with Gasteiger partial charge in [0.25, 0.3) is 0 Å². The smallest absolute Gasteiger partial charge is 0.0637 e. The van der Waals surface area contributed by atoms with E-state index >= 15 is 0 Å². The van der Waals surface area contributed by atoms with Crippen molar-refractivity contribution in [3.05, 3.63) is 47.8 Å². The molecular formula is C15H19N3S. The van der Waals surface area contributed by atoms with E-state index in [0.717, 1.165) is 25.2 Å². The van der Waals surface area contributed by atoms with Gasteiger partial charge in [0.2, 0.25) is 0 Å². The fourth-order valence-electron chi connectivity index (χ4n) is 2.49. The first kappa shape index (κ1) is 12.8. The number of aromatic nitrogens is 2. The minimum Gasteiger partial charge on any atom is -0.316 e. The van der Waals surface area contributed by atoms with Crippen LogP contribution in [0.4, 0.5) is 0 Å². The van der Waals surface area contributed by atoms with Crippen molar-refractivity contribution in [2.45, 2.75) is 17.2 Å². The molecule has 1 atom stereocenters. The largest absolute Gasteiger partial charge is 0.316 e. The molecule has 1 aliphatic rings. The van der Waals surface area contributed by atoms with E-state index < -0.39 is 0 Å². The normalized spacial score (nSPS) is 17.6. The molecule has 1 aromatic heterocycles. The summed E-state index contributed by atoms with van der Waals surface area (Å²) in [5.74, 6) is 1.86. The van der Waals surface area contributed by atoms with Gasteiger partial charge < -0.3 is 5.32 Å². The van der Waals surface area contributed by atoms with Crippen LogP contribution in [0.2, 0.25) is 0 Å². The van der Waals surface area contributed by atoms with Crippen LogP contribution in [-0.2, 0) is 13.5 Å². The van der Waals surface area contributed by atoms with Gasteiger partial charge in [-0.25, -0.2) is 0 Å². The van der Waals surface area contributed by atoms with Gasteiger partial charge in [0, 0.05) is 49.3 Å². The third-order valence-corrected chi connectivity index (χ3v) is 4.77. The molecule has 0 spiro atoms. The van der Waals surface area contributed by atoms with Gasteiger partial charge in [0.1, 0.15) is 0 Å². The Balaban J connectivity index is 1.46. The van der Waals surface area contributed by atoms with Crippen molar-refractivity contribution >= 4 is 11.8 Å². The second kappa shape index (κ2) is 5.80. The first-order valence-electron chi connectivity index (χ1n) is 6.74. The second-order valence-electron chi connectivity index (χ2n) is 4.98. The van der Waals surface area contributed by atoms with E-state index in [0.29, 0.717) is 5.92 Å². The average Bonchev–Trinajstić information content (AvgIpc) is 3.02. The molecule has 4 heteroatoms. The topological polar surface area (TPSA) is 29.9 Å². The van der Waals surface area contributed by atoms with Crippen molar-refractivity contribution in [1.29, 1.82) is 0 Å². The fraction of sp³-hybridized carbons (Fsp3) is 0.400. The van der Waals surface area contributed by atoms with Crippen molar-refractivity contribution in [1.82, 2.24) is 15.1 Å². The Morgan fingerprint density at radius 3 is 3.11 bits per heavy atom. The standard InChI is InChI=1S/C15H19N3S/c1-18-9-7-13(17-18)6-8-16-10-12-11-19-15-5-3-2-4-14(12)15/h2-5,7,9,12,16H,6,8,10-11H2,1H3. The number of aryl methyl sites for hydroxylation is 1. The predicted octanol–water partition coefficient (Wildman–Crippen LogP) is 2.44. The lowest BCUT2D eigenvalue weighted by molar-refractivity contribution is 0.613. The van der Waals surface area contributed by atoms with Gasteiger partial charge >= 0.3 is 0 Å². The molecule has 100 valence electrons. The number of thioether (sulfide) groups is 1. The lowest BCUT2D eigenvalue weighted by Crippen LogP contribution is -2.24. The van der Waals surface area contributed by atoms with Gasteiger partial charge in [-0.1, -0.05) is 18.2 Å². The molecule has 0 bridgehead atoms. The van der Waals surface area contributed by atoms with Gasteiger partial charge in [-0.2, -0.15) is 5.10 Å². The average molecular weight is 273 g/mol. The maximum absolute atomic E-state index is 4.39. The van der Waals surface area contributed by atoms with Gasteiger partial charge in [-0.3, -0.25) is 4.68 Å². The van der Waals surface area contributed by atoms with Crippen LogP contribution in [-0.4, -0.2) is 28.6 Å². The summed E-state index contributed by atoms with van der Waals surface area (Å²) in [5.41, 5.74) is 2.68. The summed E-state index contributed by atoms with van der Waals surface area (Å²) in [4.78, 5) is 1.46. The summed E-state index contributed by atoms with van der Waals surface area (Å²) in [5, 5.41) is 7.95. The van der Waals surface area contributed by atoms with Crippen LogP contribution in [0.3, 0.4) is 0 Å². The molecule has 19 heavy (non-hydrogen) atoms. The zero-order valence-corrected chi connectivity index (χ0v) is 12.0. The van der Waals surface area contributed by atoms with Crippen LogP contribution < -0.4 is 5.32 Å². The number of benzene rings is 1. The molecule has 0 radical (unpaired) electrons. The number of nitrogens with one attached hydrogen (secondary N) is 1. The highest BCUT2D eigenvalue weighted by Crippen LogP contribution is 2.38. The lowest BCUT2D eigenvalue weighted by atomic mass is 10.0. The van der Waals surface area contributed by atoms with Crippen LogP contribution in [0.25, 0.3) is 0 Å². The Hall–Kier alpha value is -1.26. The highest BCUT2D eigenvalue weighted by atomic mass is 32.2. The van der Waals surface area contributed by atoms with E-state index in [4.69, 9.17) is 0 Å². The first-order valence-corrected chi connectivity index (χ1v) is 7.72. The quantitative estimate of drug-likeness (QED) is 0.849. The minimum absolute atomic E-state index is 0.657. The van der Waals surface area contributed by atoms with E-state index in [1.807, 2.05) is 29.7 Å². The summed E-state index contributed by atoms with van der Waals surface area (Å²) in [6.45, 7) is 2.07. The van der Waals surface area contributed by atoms with Crippen molar-refractivity contribution in [3.8, 4) is 0 Å². The summed E-state index contributed by atoms with van der Waals surface area (Å²) >= 11 is 1.98. The van der Waals surface area contributed by atoms with Crippen molar-refractivity contribution in [3.63, 3.8) is 0 Å². The van der Waals surface area contributed by atoms with Crippen molar-refractivity contribution in [2.24, 2.45) is 7.05 Å². The number of nitrogens with zero attached hydrogens (tertiary/aromatic N) is 2. The fourth-order valence-corrected chi connectivity index (χ4v) is 3.74. The Kier molecular flexibility index (Phi) is 3.89. The van der Waals surface area contributed by atoms with Crippen LogP contribution in [0.15, 0.2) is 41.4 Å². The molecule has 0 fully saturated rings. The summed E-state index contributed by atoms with van der Waals surface area (Å²) < 4.78 is 1.86. The monoisotopic (exact) mass is 273 g/mol. The molecule has 2 aromatic rings. The molecule has 0 aliphatic carbocycles. The highest BCUT2D eigenvalue weighted by molar-refractivity contribution is 7.99. The molecule has 3 nitrogen and oxygen atoms in total. The lowest BCUT2D eigenvalue weighted by Gasteiger charge is -2.11. The van der Waals surface area contributed by atoms with Gasteiger partial charge in [-0.05, 0) is 17.7 Å². The molecule has 0 saturated carbocycles. The van der Waals surface area contributed by atoms with Crippen LogP contribution >= 0.6 is 11.8 Å². The van der Waals surface area contributed by atoms with Crippen molar-refractivity contribution < 1.29 is 0 Å². The predicted molar refractivity (Wildman–Crippen MR) is 79.7 cm³/mol. The van der Waals surface area contributed by atoms with Crippen molar-refractivity contribution in [2.75, 3.05) is 18.8 Å². The maximum atomic E-state index is 4.39. The summed E-state index contributed by atoms with van der Waals surface area (Å²) in [7, 11) is 1.96. The molecule has 1 aliphatic heterocycles. The molecule has 0 saturated heterocycles. The zero-order chi connectivity index (χ0) is 13.1. The number of fused-ring (bicyclic) bond motifs is 1. The van der Waals surface area contributed by atoms with Gasteiger partial charge in [-0.15, -0.1) is 11.8 Å². The van der Waals surface area contributed by atoms with Gasteiger partial charge in [0.05, 0.1) is 5.69 Å². The molecule has 2 heterocycles. The Bertz CT molecular complexity index is 550.